The summed E-state index contributed by atoms with van der Waals surface area (Å²) in [7, 11) is 0. The summed E-state index contributed by atoms with van der Waals surface area (Å²) in [6.45, 7) is 10.3. The number of carbonyl (C=O) groups is 1. The highest BCUT2D eigenvalue weighted by molar-refractivity contribution is 5.98. The molecule has 2 rings (SSSR count). The van der Waals surface area contributed by atoms with Gasteiger partial charge in [-0.15, -0.1) is 0 Å². The maximum Gasteiger partial charge on any atom is 0.255 e. The topological polar surface area (TPSA) is 38.3 Å². The molecule has 2 atom stereocenters. The Hall–Kier alpha value is -1.51. The smallest absolute Gasteiger partial charge is 0.255 e. The molecule has 0 aromatic heterocycles. The average molecular weight is 261 g/mol. The second-order valence-corrected chi connectivity index (χ2v) is 6.03. The number of ether oxygens (including phenoxy) is 1. The van der Waals surface area contributed by atoms with Crippen LogP contribution in [0.1, 0.15) is 62.9 Å². The summed E-state index contributed by atoms with van der Waals surface area (Å²) in [6, 6.07) is 5.82. The third-order valence-corrected chi connectivity index (χ3v) is 4.12. The first-order valence-corrected chi connectivity index (χ1v) is 6.98. The molecule has 3 heteroatoms. The van der Waals surface area contributed by atoms with Gasteiger partial charge in [0.15, 0.2) is 0 Å². The van der Waals surface area contributed by atoms with Crippen molar-refractivity contribution in [3.8, 4) is 5.75 Å². The van der Waals surface area contributed by atoms with Gasteiger partial charge in [0.1, 0.15) is 11.9 Å². The van der Waals surface area contributed by atoms with Crippen LogP contribution in [-0.2, 0) is 0 Å². The molecule has 1 aliphatic rings. The Kier molecular flexibility index (Phi) is 3.57. The van der Waals surface area contributed by atoms with Gasteiger partial charge >= 0.3 is 0 Å². The molecule has 0 aliphatic carbocycles. The molecular formula is C16H23NO2. The number of nitrogens with one attached hydrogen (secondary N) is 1. The number of para-hydroxylation sites is 1. The molecule has 0 fully saturated rings. The van der Waals surface area contributed by atoms with E-state index in [0.29, 0.717) is 11.5 Å². The van der Waals surface area contributed by atoms with Gasteiger partial charge in [-0.05, 0) is 33.3 Å². The second kappa shape index (κ2) is 4.87. The number of hydrogen-bond donors (Lipinski definition) is 1. The third-order valence-electron chi connectivity index (χ3n) is 4.12. The Morgan fingerprint density at radius 2 is 2.05 bits per heavy atom. The highest BCUT2D eigenvalue weighted by Crippen LogP contribution is 2.40. The Balaban J connectivity index is 2.31. The van der Waals surface area contributed by atoms with Crippen LogP contribution in [0.15, 0.2) is 18.2 Å². The van der Waals surface area contributed by atoms with E-state index in [1.807, 2.05) is 39.0 Å². The van der Waals surface area contributed by atoms with Gasteiger partial charge in [-0.1, -0.05) is 26.0 Å². The fraction of sp³-hybridized carbons (Fsp3) is 0.562. The van der Waals surface area contributed by atoms with Crippen molar-refractivity contribution in [3.63, 3.8) is 0 Å². The molecule has 0 bridgehead atoms. The van der Waals surface area contributed by atoms with Crippen LogP contribution in [0.5, 0.6) is 5.75 Å². The number of fused-ring (bicyclic) bond motifs is 1. The zero-order valence-electron chi connectivity index (χ0n) is 12.4. The molecule has 1 heterocycles. The van der Waals surface area contributed by atoms with Crippen molar-refractivity contribution in [3.05, 3.63) is 29.3 Å². The Morgan fingerprint density at radius 1 is 1.37 bits per heavy atom. The van der Waals surface area contributed by atoms with Crippen molar-refractivity contribution in [2.45, 2.75) is 58.6 Å². The van der Waals surface area contributed by atoms with Gasteiger partial charge in [-0.3, -0.25) is 4.79 Å². The normalized spacial score (nSPS) is 21.7. The maximum absolute atomic E-state index is 12.4. The lowest BCUT2D eigenvalue weighted by Crippen LogP contribution is -2.42. The zero-order chi connectivity index (χ0) is 14.2. The molecule has 0 spiro atoms. The van der Waals surface area contributed by atoms with E-state index < -0.39 is 0 Å². The van der Waals surface area contributed by atoms with E-state index >= 15 is 0 Å². The van der Waals surface area contributed by atoms with Crippen LogP contribution >= 0.6 is 0 Å². The van der Waals surface area contributed by atoms with Gasteiger partial charge in [-0.25, -0.2) is 0 Å². The summed E-state index contributed by atoms with van der Waals surface area (Å²) < 4.78 is 5.86. The van der Waals surface area contributed by atoms with Gasteiger partial charge in [0.05, 0.1) is 5.56 Å². The summed E-state index contributed by atoms with van der Waals surface area (Å²) in [4.78, 5) is 12.4. The molecule has 0 saturated heterocycles. The quantitative estimate of drug-likeness (QED) is 0.904. The van der Waals surface area contributed by atoms with Gasteiger partial charge in [0, 0.05) is 17.0 Å². The number of rotatable bonds is 3. The average Bonchev–Trinajstić information content (AvgIpc) is 2.65. The van der Waals surface area contributed by atoms with Crippen LogP contribution in [0.3, 0.4) is 0 Å². The Labute approximate surface area is 115 Å². The minimum absolute atomic E-state index is 0.0509. The number of hydrogen-bond acceptors (Lipinski definition) is 2. The van der Waals surface area contributed by atoms with Crippen LogP contribution in [0.25, 0.3) is 0 Å². The second-order valence-electron chi connectivity index (χ2n) is 6.03. The van der Waals surface area contributed by atoms with Crippen molar-refractivity contribution < 1.29 is 9.53 Å². The maximum atomic E-state index is 12.4. The lowest BCUT2D eigenvalue weighted by molar-refractivity contribution is 0.0906. The Morgan fingerprint density at radius 3 is 2.68 bits per heavy atom. The molecule has 1 N–H and O–H groups in total. The fourth-order valence-electron chi connectivity index (χ4n) is 2.23. The van der Waals surface area contributed by atoms with Crippen molar-refractivity contribution in [2.24, 2.45) is 0 Å². The summed E-state index contributed by atoms with van der Waals surface area (Å²) in [5.74, 6) is 1.04. The van der Waals surface area contributed by atoms with E-state index in [1.54, 1.807) is 0 Å². The van der Waals surface area contributed by atoms with Crippen LogP contribution in [0.2, 0.25) is 0 Å². The minimum atomic E-state index is -0.199. The van der Waals surface area contributed by atoms with E-state index in [9.17, 15) is 4.79 Å². The summed E-state index contributed by atoms with van der Waals surface area (Å²) in [5.41, 5.74) is 1.58. The molecule has 3 nitrogen and oxygen atoms in total. The molecule has 19 heavy (non-hydrogen) atoms. The minimum Gasteiger partial charge on any atom is -0.489 e. The summed E-state index contributed by atoms with van der Waals surface area (Å²) in [5, 5.41) is 3.06. The van der Waals surface area contributed by atoms with E-state index in [1.165, 1.54) is 0 Å². The molecule has 0 radical (unpaired) electrons. The lowest BCUT2D eigenvalue weighted by atomic mass is 9.96. The first-order chi connectivity index (χ1) is 8.85. The summed E-state index contributed by atoms with van der Waals surface area (Å²) in [6.07, 6.45) is 1.02. The zero-order valence-corrected chi connectivity index (χ0v) is 12.4. The number of benzene rings is 1. The van der Waals surface area contributed by atoms with E-state index in [0.717, 1.165) is 17.7 Å². The SMILES string of the molecule is CCC(C)(C)NC(=O)c1cccc2c1O[C@@H](C)[C@H]2C. The highest BCUT2D eigenvalue weighted by Gasteiger charge is 2.32. The predicted octanol–water partition coefficient (Wildman–Crippen LogP) is 3.49. The molecule has 1 aromatic rings. The van der Waals surface area contributed by atoms with E-state index in [2.05, 4.69) is 19.2 Å². The van der Waals surface area contributed by atoms with Crippen molar-refractivity contribution in [1.29, 1.82) is 0 Å². The summed E-state index contributed by atoms with van der Waals surface area (Å²) >= 11 is 0. The molecular weight excluding hydrogens is 238 g/mol. The van der Waals surface area contributed by atoms with Gasteiger partial charge < -0.3 is 10.1 Å². The highest BCUT2D eigenvalue weighted by atomic mass is 16.5. The lowest BCUT2D eigenvalue weighted by Gasteiger charge is -2.25. The molecule has 1 aliphatic heterocycles. The standard InChI is InChI=1S/C16H23NO2/c1-6-16(4,5)17-15(18)13-9-7-8-12-10(2)11(3)19-14(12)13/h7-11H,6H2,1-5H3,(H,17,18)/t10-,11+/m1/s1. The molecule has 0 unspecified atom stereocenters. The van der Waals surface area contributed by atoms with Gasteiger partial charge in [0.25, 0.3) is 5.91 Å². The monoisotopic (exact) mass is 261 g/mol. The first-order valence-electron chi connectivity index (χ1n) is 6.98. The molecule has 0 saturated carbocycles. The van der Waals surface area contributed by atoms with Crippen molar-refractivity contribution in [2.75, 3.05) is 0 Å². The number of amides is 1. The van der Waals surface area contributed by atoms with Crippen LogP contribution in [0.4, 0.5) is 0 Å². The first kappa shape index (κ1) is 13.9. The van der Waals surface area contributed by atoms with Crippen molar-refractivity contribution >= 4 is 5.91 Å². The predicted molar refractivity (Wildman–Crippen MR) is 76.8 cm³/mol. The fourth-order valence-corrected chi connectivity index (χ4v) is 2.23. The van der Waals surface area contributed by atoms with E-state index in [-0.39, 0.29) is 17.6 Å². The molecule has 1 amide bonds. The van der Waals surface area contributed by atoms with Crippen molar-refractivity contribution in [1.82, 2.24) is 5.32 Å². The largest absolute Gasteiger partial charge is 0.489 e. The van der Waals surface area contributed by atoms with Crippen LogP contribution in [-0.4, -0.2) is 17.6 Å². The van der Waals surface area contributed by atoms with Gasteiger partial charge in [-0.2, -0.15) is 0 Å². The molecule has 1 aromatic carbocycles. The van der Waals surface area contributed by atoms with Gasteiger partial charge in [0.2, 0.25) is 0 Å². The van der Waals surface area contributed by atoms with Crippen LogP contribution < -0.4 is 10.1 Å². The molecule has 104 valence electrons. The van der Waals surface area contributed by atoms with Crippen LogP contribution in [0, 0.1) is 0 Å². The Bertz CT molecular complexity index is 494. The van der Waals surface area contributed by atoms with E-state index in [4.69, 9.17) is 4.74 Å². The third kappa shape index (κ3) is 2.60. The number of carbonyl (C=O) groups excluding carboxylic acids is 1.